The van der Waals surface area contributed by atoms with Crippen LogP contribution in [0.3, 0.4) is 0 Å². The third-order valence-corrected chi connectivity index (χ3v) is 4.53. The number of hydrogen-bond acceptors (Lipinski definition) is 5. The first-order valence-corrected chi connectivity index (χ1v) is 8.99. The molecular weight excluding hydrogens is 334 g/mol. The number of benzene rings is 1. The number of nitrogens with one attached hydrogen (secondary N) is 3. The van der Waals surface area contributed by atoms with Gasteiger partial charge in [-0.25, -0.2) is 0 Å². The van der Waals surface area contributed by atoms with Gasteiger partial charge in [0.2, 0.25) is 5.91 Å². The molecule has 1 unspecified atom stereocenters. The van der Waals surface area contributed by atoms with Crippen LogP contribution < -0.4 is 25.4 Å². The summed E-state index contributed by atoms with van der Waals surface area (Å²) in [5, 5.41) is 9.18. The summed E-state index contributed by atoms with van der Waals surface area (Å²) < 4.78 is 10.4. The highest BCUT2D eigenvalue weighted by atomic mass is 16.5. The van der Waals surface area contributed by atoms with Gasteiger partial charge in [-0.15, -0.1) is 0 Å². The van der Waals surface area contributed by atoms with E-state index in [0.29, 0.717) is 17.1 Å². The van der Waals surface area contributed by atoms with Crippen molar-refractivity contribution >= 4 is 11.8 Å². The molecule has 1 fully saturated rings. The smallest absolute Gasteiger partial charge is 0.252 e. The van der Waals surface area contributed by atoms with Crippen molar-refractivity contribution in [3.63, 3.8) is 0 Å². The lowest BCUT2D eigenvalue weighted by atomic mass is 10.0. The quantitative estimate of drug-likeness (QED) is 0.680. The Balaban J connectivity index is 2.08. The first-order chi connectivity index (χ1) is 12.4. The minimum Gasteiger partial charge on any atom is -0.497 e. The molecule has 0 radical (unpaired) electrons. The molecule has 7 heteroatoms. The number of carbonyl (C=O) groups is 2. The molecule has 1 saturated heterocycles. The van der Waals surface area contributed by atoms with Crippen LogP contribution in [0.5, 0.6) is 11.5 Å². The van der Waals surface area contributed by atoms with Crippen LogP contribution >= 0.6 is 0 Å². The third kappa shape index (κ3) is 5.36. The summed E-state index contributed by atoms with van der Waals surface area (Å²) in [4.78, 5) is 25.4. The zero-order valence-electron chi connectivity index (χ0n) is 15.9. The van der Waals surface area contributed by atoms with Crippen LogP contribution in [0.4, 0.5) is 0 Å². The van der Waals surface area contributed by atoms with E-state index < -0.39 is 6.04 Å². The Bertz CT molecular complexity index is 605. The highest BCUT2D eigenvalue weighted by Gasteiger charge is 2.27. The first-order valence-electron chi connectivity index (χ1n) is 8.99. The summed E-state index contributed by atoms with van der Waals surface area (Å²) in [6.07, 6.45) is 1.80. The summed E-state index contributed by atoms with van der Waals surface area (Å²) in [6, 6.07) is 4.49. The molecule has 1 aliphatic heterocycles. The van der Waals surface area contributed by atoms with Crippen molar-refractivity contribution in [1.29, 1.82) is 0 Å². The van der Waals surface area contributed by atoms with Crippen molar-refractivity contribution in [1.82, 2.24) is 16.0 Å². The van der Waals surface area contributed by atoms with Crippen LogP contribution in [0.25, 0.3) is 0 Å². The molecule has 0 saturated carbocycles. The second kappa shape index (κ2) is 9.43. The highest BCUT2D eigenvalue weighted by molar-refractivity contribution is 5.98. The number of methoxy groups -OCH3 is 2. The number of amides is 2. The monoisotopic (exact) mass is 363 g/mol. The molecule has 0 bridgehead atoms. The maximum atomic E-state index is 12.7. The number of piperidine rings is 1. The van der Waals surface area contributed by atoms with Gasteiger partial charge in [0.25, 0.3) is 5.91 Å². The first kappa shape index (κ1) is 20.0. The van der Waals surface area contributed by atoms with Gasteiger partial charge in [0.1, 0.15) is 17.5 Å². The van der Waals surface area contributed by atoms with Gasteiger partial charge in [-0.1, -0.05) is 13.8 Å². The molecular formula is C19H29N3O4. The lowest BCUT2D eigenvalue weighted by molar-refractivity contribution is -0.124. The molecule has 1 heterocycles. The molecule has 7 nitrogen and oxygen atoms in total. The fourth-order valence-electron chi connectivity index (χ4n) is 2.96. The summed E-state index contributed by atoms with van der Waals surface area (Å²) in [7, 11) is 3.06. The van der Waals surface area contributed by atoms with E-state index in [1.165, 1.54) is 14.2 Å². The molecule has 26 heavy (non-hydrogen) atoms. The van der Waals surface area contributed by atoms with Crippen molar-refractivity contribution in [2.24, 2.45) is 5.92 Å². The maximum absolute atomic E-state index is 12.7. The highest BCUT2D eigenvalue weighted by Crippen LogP contribution is 2.22. The van der Waals surface area contributed by atoms with Gasteiger partial charge >= 0.3 is 0 Å². The van der Waals surface area contributed by atoms with Gasteiger partial charge in [0.05, 0.1) is 14.2 Å². The zero-order chi connectivity index (χ0) is 19.1. The van der Waals surface area contributed by atoms with Gasteiger partial charge in [-0.3, -0.25) is 9.59 Å². The molecule has 2 rings (SSSR count). The summed E-state index contributed by atoms with van der Waals surface area (Å²) in [6.45, 7) is 5.62. The average molecular weight is 363 g/mol. The predicted octanol–water partition coefficient (Wildman–Crippen LogP) is 1.33. The SMILES string of the molecule is COc1cc(OC)cc(C(=O)NC(C(=O)NC2CCNCC2)C(C)C)c1. The Hall–Kier alpha value is -2.28. The van der Waals surface area contributed by atoms with E-state index in [1.54, 1.807) is 18.2 Å². The standard InChI is InChI=1S/C19H29N3O4/c1-12(2)17(19(24)21-14-5-7-20-8-6-14)22-18(23)13-9-15(25-3)11-16(10-13)26-4/h9-12,14,17,20H,5-8H2,1-4H3,(H,21,24)(H,22,23). The molecule has 1 aromatic carbocycles. The molecule has 0 aromatic heterocycles. The second-order valence-corrected chi connectivity index (χ2v) is 6.83. The Morgan fingerprint density at radius 1 is 1.08 bits per heavy atom. The Labute approximate surface area is 154 Å². The van der Waals surface area contributed by atoms with Crippen LogP contribution in [-0.4, -0.2) is 51.2 Å². The molecule has 1 atom stereocenters. The van der Waals surface area contributed by atoms with Crippen molar-refractivity contribution in [3.8, 4) is 11.5 Å². The predicted molar refractivity (Wildman–Crippen MR) is 99.7 cm³/mol. The molecule has 0 spiro atoms. The molecule has 1 aliphatic rings. The van der Waals surface area contributed by atoms with Crippen LogP contribution in [-0.2, 0) is 4.79 Å². The lowest BCUT2D eigenvalue weighted by Crippen LogP contribution is -2.53. The van der Waals surface area contributed by atoms with Crippen LogP contribution in [0.15, 0.2) is 18.2 Å². The minimum atomic E-state index is -0.602. The van der Waals surface area contributed by atoms with Crippen molar-refractivity contribution in [3.05, 3.63) is 23.8 Å². The Morgan fingerprint density at radius 3 is 2.15 bits per heavy atom. The fraction of sp³-hybridized carbons (Fsp3) is 0.579. The maximum Gasteiger partial charge on any atom is 0.252 e. The minimum absolute atomic E-state index is 0.0341. The van der Waals surface area contributed by atoms with Gasteiger partial charge < -0.3 is 25.4 Å². The van der Waals surface area contributed by atoms with Gasteiger partial charge in [0.15, 0.2) is 0 Å². The third-order valence-electron chi connectivity index (χ3n) is 4.53. The molecule has 0 aliphatic carbocycles. The summed E-state index contributed by atoms with van der Waals surface area (Å²) in [5.41, 5.74) is 0.390. The largest absolute Gasteiger partial charge is 0.497 e. The molecule has 1 aromatic rings. The number of ether oxygens (including phenoxy) is 2. The van der Waals surface area contributed by atoms with E-state index in [2.05, 4.69) is 16.0 Å². The van der Waals surface area contributed by atoms with E-state index in [4.69, 9.17) is 9.47 Å². The van der Waals surface area contributed by atoms with Crippen LogP contribution in [0.1, 0.15) is 37.0 Å². The number of hydrogen-bond donors (Lipinski definition) is 3. The van der Waals surface area contributed by atoms with E-state index in [0.717, 1.165) is 25.9 Å². The Kier molecular flexibility index (Phi) is 7.26. The lowest BCUT2D eigenvalue weighted by Gasteiger charge is -2.28. The number of carbonyl (C=O) groups excluding carboxylic acids is 2. The van der Waals surface area contributed by atoms with Crippen LogP contribution in [0, 0.1) is 5.92 Å². The van der Waals surface area contributed by atoms with E-state index in [-0.39, 0.29) is 23.8 Å². The number of rotatable bonds is 7. The van der Waals surface area contributed by atoms with E-state index in [9.17, 15) is 9.59 Å². The second-order valence-electron chi connectivity index (χ2n) is 6.83. The zero-order valence-corrected chi connectivity index (χ0v) is 15.9. The average Bonchev–Trinajstić information content (AvgIpc) is 2.65. The molecule has 144 valence electrons. The fourth-order valence-corrected chi connectivity index (χ4v) is 2.96. The summed E-state index contributed by atoms with van der Waals surface area (Å²) >= 11 is 0. The van der Waals surface area contributed by atoms with Gasteiger partial charge in [-0.2, -0.15) is 0 Å². The van der Waals surface area contributed by atoms with Gasteiger partial charge in [0, 0.05) is 17.7 Å². The van der Waals surface area contributed by atoms with E-state index >= 15 is 0 Å². The Morgan fingerprint density at radius 2 is 1.65 bits per heavy atom. The van der Waals surface area contributed by atoms with Crippen molar-refractivity contribution in [2.75, 3.05) is 27.3 Å². The van der Waals surface area contributed by atoms with Gasteiger partial charge in [-0.05, 0) is 44.0 Å². The normalized spacial score (nSPS) is 16.0. The van der Waals surface area contributed by atoms with Crippen molar-refractivity contribution in [2.45, 2.75) is 38.8 Å². The van der Waals surface area contributed by atoms with E-state index in [1.807, 2.05) is 13.8 Å². The molecule has 2 amide bonds. The summed E-state index contributed by atoms with van der Waals surface area (Å²) in [5.74, 6) is 0.536. The topological polar surface area (TPSA) is 88.7 Å². The van der Waals surface area contributed by atoms with Crippen LogP contribution in [0.2, 0.25) is 0 Å². The molecule has 3 N–H and O–H groups in total. The van der Waals surface area contributed by atoms with Crippen molar-refractivity contribution < 1.29 is 19.1 Å².